The molecule has 0 spiro atoms. The molecule has 2 rings (SSSR count). The molecule has 0 aromatic rings. The van der Waals surface area contributed by atoms with Crippen molar-refractivity contribution in [2.24, 2.45) is 11.1 Å². The van der Waals surface area contributed by atoms with Crippen molar-refractivity contribution < 1.29 is 4.79 Å². The first-order valence-corrected chi connectivity index (χ1v) is 6.88. The van der Waals surface area contributed by atoms with Gasteiger partial charge in [0.05, 0.1) is 5.41 Å². The van der Waals surface area contributed by atoms with E-state index in [1.165, 1.54) is 6.42 Å². The Balaban J connectivity index is 0.00000162. The third-order valence-electron chi connectivity index (χ3n) is 4.52. The van der Waals surface area contributed by atoms with Crippen LogP contribution < -0.4 is 11.1 Å². The minimum absolute atomic E-state index is 0. The second-order valence-electron chi connectivity index (χ2n) is 5.57. The lowest BCUT2D eigenvalue weighted by molar-refractivity contribution is -0.142. The zero-order valence-electron chi connectivity index (χ0n) is 11.7. The summed E-state index contributed by atoms with van der Waals surface area (Å²) >= 11 is 0. The zero-order chi connectivity index (χ0) is 12.3. The number of nitrogens with zero attached hydrogens (tertiary/aromatic N) is 1. The molecule has 0 aromatic carbocycles. The molecule has 1 atom stereocenters. The fourth-order valence-electron chi connectivity index (χ4n) is 3.29. The first kappa shape index (κ1) is 19.0. The summed E-state index contributed by atoms with van der Waals surface area (Å²) < 4.78 is 0. The highest BCUT2D eigenvalue weighted by Crippen LogP contribution is 2.39. The lowest BCUT2D eigenvalue weighted by atomic mass is 9.84. The van der Waals surface area contributed by atoms with Crippen LogP contribution in [0.5, 0.6) is 0 Å². The van der Waals surface area contributed by atoms with Crippen molar-refractivity contribution in [3.8, 4) is 0 Å². The summed E-state index contributed by atoms with van der Waals surface area (Å²) in [6, 6.07) is 0.462. The topological polar surface area (TPSA) is 58.4 Å². The number of likely N-dealkylation sites (tertiary alicyclic amines) is 1. The Morgan fingerprint density at radius 2 is 1.95 bits per heavy atom. The number of rotatable bonds is 3. The third kappa shape index (κ3) is 3.97. The van der Waals surface area contributed by atoms with Gasteiger partial charge in [-0.3, -0.25) is 4.79 Å². The Hall–Kier alpha value is -0.0300. The molecule has 4 nitrogen and oxygen atoms in total. The van der Waals surface area contributed by atoms with Gasteiger partial charge in [-0.25, -0.2) is 0 Å². The fraction of sp³-hybridized carbons (Fsp3) is 0.923. The van der Waals surface area contributed by atoms with E-state index in [4.69, 9.17) is 5.73 Å². The molecule has 2 aliphatic rings. The molecule has 19 heavy (non-hydrogen) atoms. The summed E-state index contributed by atoms with van der Waals surface area (Å²) in [4.78, 5) is 14.7. The van der Waals surface area contributed by atoms with Gasteiger partial charge in [0.25, 0.3) is 0 Å². The lowest BCUT2D eigenvalue weighted by Gasteiger charge is -2.38. The molecule has 1 aliphatic carbocycles. The monoisotopic (exact) mass is 311 g/mol. The van der Waals surface area contributed by atoms with Gasteiger partial charge in [0.1, 0.15) is 0 Å². The van der Waals surface area contributed by atoms with Gasteiger partial charge < -0.3 is 16.0 Å². The Bertz CT molecular complexity index is 283. The number of amides is 1. The van der Waals surface area contributed by atoms with Crippen molar-refractivity contribution >= 4 is 30.7 Å². The van der Waals surface area contributed by atoms with Gasteiger partial charge in [0, 0.05) is 25.7 Å². The normalized spacial score (nSPS) is 25.4. The molecule has 0 aromatic heterocycles. The number of nitrogens with one attached hydrogen (secondary N) is 1. The summed E-state index contributed by atoms with van der Waals surface area (Å²) in [6.45, 7) is 2.29. The van der Waals surface area contributed by atoms with E-state index < -0.39 is 0 Å². The molecule has 3 N–H and O–H groups in total. The molecule has 1 heterocycles. The van der Waals surface area contributed by atoms with Crippen molar-refractivity contribution in [3.63, 3.8) is 0 Å². The van der Waals surface area contributed by atoms with Crippen LogP contribution in [0.4, 0.5) is 0 Å². The number of likely N-dealkylation sites (N-methyl/N-ethyl adjacent to an activating group) is 1. The number of halogens is 2. The second kappa shape index (κ2) is 8.30. The number of nitrogens with two attached hydrogens (primary N) is 1. The molecule has 1 saturated carbocycles. The van der Waals surface area contributed by atoms with Crippen LogP contribution in [0.25, 0.3) is 0 Å². The van der Waals surface area contributed by atoms with Crippen LogP contribution in [0.2, 0.25) is 0 Å². The highest BCUT2D eigenvalue weighted by Gasteiger charge is 2.43. The maximum Gasteiger partial charge on any atom is 0.230 e. The maximum absolute atomic E-state index is 12.6. The second-order valence-corrected chi connectivity index (χ2v) is 5.57. The van der Waals surface area contributed by atoms with Gasteiger partial charge in [0.15, 0.2) is 0 Å². The number of piperidine rings is 1. The van der Waals surface area contributed by atoms with Crippen molar-refractivity contribution in [2.45, 2.75) is 44.6 Å². The Kier molecular flexibility index (Phi) is 8.29. The van der Waals surface area contributed by atoms with Gasteiger partial charge in [-0.1, -0.05) is 12.8 Å². The van der Waals surface area contributed by atoms with E-state index in [0.717, 1.165) is 45.2 Å². The number of carbonyl (C=O) groups excluding carboxylic acids is 1. The molecular weight excluding hydrogens is 285 g/mol. The average molecular weight is 312 g/mol. The summed E-state index contributed by atoms with van der Waals surface area (Å²) in [6.07, 6.45) is 6.58. The van der Waals surface area contributed by atoms with E-state index >= 15 is 0 Å². The zero-order valence-corrected chi connectivity index (χ0v) is 13.3. The fourth-order valence-corrected chi connectivity index (χ4v) is 3.29. The molecule has 6 heteroatoms. The van der Waals surface area contributed by atoms with Crippen molar-refractivity contribution in [3.05, 3.63) is 0 Å². The summed E-state index contributed by atoms with van der Waals surface area (Å²) in [7, 11) is 1.98. The van der Waals surface area contributed by atoms with Gasteiger partial charge in [-0.05, 0) is 32.7 Å². The van der Waals surface area contributed by atoms with Gasteiger partial charge in [-0.15, -0.1) is 24.8 Å². The largest absolute Gasteiger partial charge is 0.341 e. The SMILES string of the molecule is CNC1CCCN(C(=O)C2(CN)CCCC2)C1.Cl.Cl. The van der Waals surface area contributed by atoms with Crippen LogP contribution in [0, 0.1) is 5.41 Å². The van der Waals surface area contributed by atoms with Crippen molar-refractivity contribution in [1.82, 2.24) is 10.2 Å². The van der Waals surface area contributed by atoms with E-state index in [2.05, 4.69) is 5.32 Å². The average Bonchev–Trinajstić information content (AvgIpc) is 2.88. The summed E-state index contributed by atoms with van der Waals surface area (Å²) in [5.41, 5.74) is 5.65. The Morgan fingerprint density at radius 1 is 1.32 bits per heavy atom. The molecule has 1 unspecified atom stereocenters. The Morgan fingerprint density at radius 3 is 2.47 bits per heavy atom. The smallest absolute Gasteiger partial charge is 0.230 e. The standard InChI is InChI=1S/C13H25N3O.2ClH/c1-15-11-5-4-8-16(9-11)12(17)13(10-14)6-2-3-7-13;;/h11,15H,2-10,14H2,1H3;2*1H. The highest BCUT2D eigenvalue weighted by atomic mass is 35.5. The summed E-state index contributed by atoms with van der Waals surface area (Å²) in [5.74, 6) is 0.317. The molecule has 2 fully saturated rings. The molecular formula is C13H27Cl2N3O. The van der Waals surface area contributed by atoms with Crippen LogP contribution in [-0.2, 0) is 4.79 Å². The lowest BCUT2D eigenvalue weighted by Crippen LogP contribution is -2.53. The molecule has 1 aliphatic heterocycles. The van der Waals surface area contributed by atoms with Crippen LogP contribution >= 0.6 is 24.8 Å². The molecule has 1 amide bonds. The third-order valence-corrected chi connectivity index (χ3v) is 4.52. The van der Waals surface area contributed by atoms with Gasteiger partial charge in [0.2, 0.25) is 5.91 Å². The predicted molar refractivity (Wildman–Crippen MR) is 83.1 cm³/mol. The Labute approximate surface area is 128 Å². The predicted octanol–water partition coefficient (Wildman–Crippen LogP) is 1.56. The minimum atomic E-state index is -0.227. The number of carbonyl (C=O) groups is 1. The van der Waals surface area contributed by atoms with Crippen molar-refractivity contribution in [2.75, 3.05) is 26.7 Å². The van der Waals surface area contributed by atoms with E-state index in [1.54, 1.807) is 0 Å². The van der Waals surface area contributed by atoms with Gasteiger partial charge >= 0.3 is 0 Å². The highest BCUT2D eigenvalue weighted by molar-refractivity contribution is 5.85. The molecule has 114 valence electrons. The van der Waals surface area contributed by atoms with Crippen LogP contribution in [0.3, 0.4) is 0 Å². The van der Waals surface area contributed by atoms with E-state index in [1.807, 2.05) is 11.9 Å². The quantitative estimate of drug-likeness (QED) is 0.831. The first-order valence-electron chi connectivity index (χ1n) is 6.88. The van der Waals surface area contributed by atoms with Crippen LogP contribution in [0.1, 0.15) is 38.5 Å². The molecule has 0 radical (unpaired) electrons. The first-order chi connectivity index (χ1) is 8.22. The van der Waals surface area contributed by atoms with Gasteiger partial charge in [-0.2, -0.15) is 0 Å². The van der Waals surface area contributed by atoms with Crippen molar-refractivity contribution in [1.29, 1.82) is 0 Å². The number of hydrogen-bond donors (Lipinski definition) is 2. The summed E-state index contributed by atoms with van der Waals surface area (Å²) in [5, 5.41) is 3.28. The van der Waals surface area contributed by atoms with E-state index in [9.17, 15) is 4.79 Å². The minimum Gasteiger partial charge on any atom is -0.341 e. The molecule has 1 saturated heterocycles. The maximum atomic E-state index is 12.6. The van der Waals surface area contributed by atoms with Crippen LogP contribution in [0.15, 0.2) is 0 Å². The van der Waals surface area contributed by atoms with E-state index in [-0.39, 0.29) is 30.2 Å². The number of hydrogen-bond acceptors (Lipinski definition) is 3. The molecule has 0 bridgehead atoms. The van der Waals surface area contributed by atoms with Crippen LogP contribution in [-0.4, -0.2) is 43.5 Å². The van der Waals surface area contributed by atoms with E-state index in [0.29, 0.717) is 18.5 Å².